The maximum absolute atomic E-state index is 14.3. The summed E-state index contributed by atoms with van der Waals surface area (Å²) in [4.78, 5) is 21.0. The first-order chi connectivity index (χ1) is 16.4. The van der Waals surface area contributed by atoms with E-state index in [1.54, 1.807) is 13.0 Å². The lowest BCUT2D eigenvalue weighted by molar-refractivity contribution is 0.0600. The Hall–Kier alpha value is -3.49. The van der Waals surface area contributed by atoms with E-state index in [0.29, 0.717) is 51.7 Å². The summed E-state index contributed by atoms with van der Waals surface area (Å²) < 4.78 is 25.5. The fraction of sp³-hybridized carbons (Fsp3) is 0.308. The van der Waals surface area contributed by atoms with Crippen LogP contribution in [-0.4, -0.2) is 66.2 Å². The number of halogens is 1. The van der Waals surface area contributed by atoms with Crippen LogP contribution in [0.1, 0.15) is 33.3 Å². The first-order valence-corrected chi connectivity index (χ1v) is 11.2. The van der Waals surface area contributed by atoms with E-state index in [4.69, 9.17) is 9.15 Å². The molecule has 1 fully saturated rings. The standard InChI is InChI=1S/C26H26FN3O4/c1-15-20(26(32)33-3)21-22(24(31)17-6-4-5-7-18(17)25(21)34-15)23(16-8-9-28-19(27)14-16)30-12-10-29(2)11-13-30/h4-9,14,23,31H,10-13H2,1-3H3. The normalized spacial score (nSPS) is 16.2. The van der Waals surface area contributed by atoms with Crippen molar-refractivity contribution in [1.82, 2.24) is 14.8 Å². The van der Waals surface area contributed by atoms with Crippen molar-refractivity contribution in [2.45, 2.75) is 13.0 Å². The van der Waals surface area contributed by atoms with Crippen molar-refractivity contribution in [3.8, 4) is 5.75 Å². The van der Waals surface area contributed by atoms with E-state index < -0.39 is 18.0 Å². The number of methoxy groups -OCH3 is 1. The largest absolute Gasteiger partial charge is 0.507 e. The molecule has 3 heterocycles. The highest BCUT2D eigenvalue weighted by Gasteiger charge is 2.34. The van der Waals surface area contributed by atoms with Gasteiger partial charge in [-0.1, -0.05) is 24.3 Å². The van der Waals surface area contributed by atoms with Gasteiger partial charge in [0.1, 0.15) is 22.7 Å². The Bertz CT molecular complexity index is 1390. The van der Waals surface area contributed by atoms with Crippen LogP contribution in [0.15, 0.2) is 47.0 Å². The molecule has 2 aromatic heterocycles. The molecule has 4 aromatic rings. The Kier molecular flexibility index (Phi) is 5.71. The van der Waals surface area contributed by atoms with Gasteiger partial charge in [-0.25, -0.2) is 9.78 Å². The fourth-order valence-electron chi connectivity index (χ4n) is 4.98. The first kappa shape index (κ1) is 22.3. The van der Waals surface area contributed by atoms with Crippen LogP contribution < -0.4 is 0 Å². The molecule has 176 valence electrons. The van der Waals surface area contributed by atoms with E-state index in [0.717, 1.165) is 13.1 Å². The minimum Gasteiger partial charge on any atom is -0.507 e. The second-order valence-electron chi connectivity index (χ2n) is 8.69. The number of hydrogen-bond donors (Lipinski definition) is 1. The molecule has 0 amide bonds. The van der Waals surface area contributed by atoms with E-state index in [2.05, 4.69) is 21.8 Å². The molecule has 1 aliphatic heterocycles. The minimum atomic E-state index is -0.607. The van der Waals surface area contributed by atoms with Crippen molar-refractivity contribution in [2.75, 3.05) is 40.3 Å². The molecule has 1 aliphatic rings. The number of fused-ring (bicyclic) bond motifs is 3. The number of aryl methyl sites for hydroxylation is 1. The Morgan fingerprint density at radius 3 is 2.56 bits per heavy atom. The van der Waals surface area contributed by atoms with E-state index >= 15 is 0 Å². The number of ether oxygens (including phenoxy) is 1. The molecule has 5 rings (SSSR count). The lowest BCUT2D eigenvalue weighted by atomic mass is 9.89. The van der Waals surface area contributed by atoms with Crippen molar-refractivity contribution in [3.63, 3.8) is 0 Å². The number of rotatable bonds is 4. The molecule has 0 bridgehead atoms. The van der Waals surface area contributed by atoms with Crippen molar-refractivity contribution >= 4 is 27.7 Å². The number of hydrogen-bond acceptors (Lipinski definition) is 7. The Morgan fingerprint density at radius 2 is 1.88 bits per heavy atom. The lowest BCUT2D eigenvalue weighted by Gasteiger charge is -2.39. The molecule has 0 saturated carbocycles. The number of furan rings is 1. The van der Waals surface area contributed by atoms with E-state index in [-0.39, 0.29) is 11.3 Å². The van der Waals surface area contributed by atoms with Gasteiger partial charge in [0.2, 0.25) is 5.95 Å². The number of benzene rings is 2. The van der Waals surface area contributed by atoms with E-state index in [1.807, 2.05) is 24.3 Å². The van der Waals surface area contributed by atoms with Crippen LogP contribution in [0.2, 0.25) is 0 Å². The number of aromatic nitrogens is 1. The average molecular weight is 464 g/mol. The first-order valence-electron chi connectivity index (χ1n) is 11.2. The smallest absolute Gasteiger partial charge is 0.342 e. The maximum atomic E-state index is 14.3. The monoisotopic (exact) mass is 463 g/mol. The lowest BCUT2D eigenvalue weighted by Crippen LogP contribution is -2.46. The van der Waals surface area contributed by atoms with Crippen LogP contribution in [0.5, 0.6) is 5.75 Å². The van der Waals surface area contributed by atoms with Crippen LogP contribution in [0, 0.1) is 12.9 Å². The molecule has 0 aliphatic carbocycles. The second kappa shape index (κ2) is 8.70. The number of phenolic OH excluding ortho intramolecular Hbond substituents is 1. The summed E-state index contributed by atoms with van der Waals surface area (Å²) in [6, 6.07) is 9.96. The van der Waals surface area contributed by atoms with Gasteiger partial charge >= 0.3 is 5.97 Å². The minimum absolute atomic E-state index is 0.0372. The van der Waals surface area contributed by atoms with Crippen LogP contribution in [0.25, 0.3) is 21.7 Å². The molecule has 34 heavy (non-hydrogen) atoms. The van der Waals surface area contributed by atoms with Gasteiger partial charge in [0, 0.05) is 54.1 Å². The zero-order chi connectivity index (χ0) is 24.0. The number of piperazine rings is 1. The van der Waals surface area contributed by atoms with Crippen molar-refractivity contribution < 1.29 is 23.4 Å². The van der Waals surface area contributed by atoms with Gasteiger partial charge in [-0.15, -0.1) is 0 Å². The summed E-state index contributed by atoms with van der Waals surface area (Å²) in [5, 5.41) is 13.5. The molecule has 8 heteroatoms. The molecule has 1 saturated heterocycles. The summed E-state index contributed by atoms with van der Waals surface area (Å²) in [5.74, 6) is -0.720. The number of carbonyl (C=O) groups is 1. The van der Waals surface area contributed by atoms with Crippen molar-refractivity contribution in [3.05, 3.63) is 71.0 Å². The van der Waals surface area contributed by atoms with Gasteiger partial charge in [0.15, 0.2) is 0 Å². The topological polar surface area (TPSA) is 79.0 Å². The number of esters is 1. The van der Waals surface area contributed by atoms with Gasteiger partial charge in [0.05, 0.1) is 13.2 Å². The van der Waals surface area contributed by atoms with Crippen LogP contribution in [0.4, 0.5) is 4.39 Å². The number of aromatic hydroxyl groups is 1. The third-order valence-corrected chi connectivity index (χ3v) is 6.67. The third kappa shape index (κ3) is 3.59. The van der Waals surface area contributed by atoms with Crippen LogP contribution in [0.3, 0.4) is 0 Å². The van der Waals surface area contributed by atoms with Gasteiger partial charge in [-0.05, 0) is 31.7 Å². The quantitative estimate of drug-likeness (QED) is 0.358. The summed E-state index contributed by atoms with van der Waals surface area (Å²) >= 11 is 0. The van der Waals surface area contributed by atoms with Crippen molar-refractivity contribution in [1.29, 1.82) is 0 Å². The van der Waals surface area contributed by atoms with Crippen molar-refractivity contribution in [2.24, 2.45) is 0 Å². The predicted molar refractivity (Wildman–Crippen MR) is 127 cm³/mol. The average Bonchev–Trinajstić information content (AvgIpc) is 3.19. The van der Waals surface area contributed by atoms with E-state index in [9.17, 15) is 14.3 Å². The number of likely N-dealkylation sites (N-methyl/N-ethyl adjacent to an activating group) is 1. The van der Waals surface area contributed by atoms with Gasteiger partial charge < -0.3 is 19.2 Å². The molecular weight excluding hydrogens is 437 g/mol. The molecule has 0 radical (unpaired) electrons. The Balaban J connectivity index is 1.89. The molecule has 1 atom stereocenters. The Morgan fingerprint density at radius 1 is 1.18 bits per heavy atom. The second-order valence-corrected chi connectivity index (χ2v) is 8.69. The highest BCUT2D eigenvalue weighted by atomic mass is 19.1. The predicted octanol–water partition coefficient (Wildman–Crippen LogP) is 4.26. The molecule has 0 spiro atoms. The van der Waals surface area contributed by atoms with Crippen LogP contribution >= 0.6 is 0 Å². The third-order valence-electron chi connectivity index (χ3n) is 6.67. The highest BCUT2D eigenvalue weighted by Crippen LogP contribution is 2.47. The number of nitrogens with zero attached hydrogens (tertiary/aromatic N) is 3. The highest BCUT2D eigenvalue weighted by molar-refractivity contribution is 6.16. The number of phenols is 1. The molecule has 1 unspecified atom stereocenters. The summed E-state index contributed by atoms with van der Waals surface area (Å²) in [6.45, 7) is 4.73. The summed E-state index contributed by atoms with van der Waals surface area (Å²) in [5.41, 5.74) is 1.90. The van der Waals surface area contributed by atoms with Gasteiger partial charge in [-0.3, -0.25) is 4.90 Å². The SMILES string of the molecule is COC(=O)c1c(C)oc2c1c(C(c1ccnc(F)c1)N1CCN(C)CC1)c(O)c1ccccc12. The van der Waals surface area contributed by atoms with Gasteiger partial charge in [0.25, 0.3) is 0 Å². The summed E-state index contributed by atoms with van der Waals surface area (Å²) in [7, 11) is 3.37. The van der Waals surface area contributed by atoms with Gasteiger partial charge in [-0.2, -0.15) is 4.39 Å². The zero-order valence-electron chi connectivity index (χ0n) is 19.3. The molecular formula is C26H26FN3O4. The number of carbonyl (C=O) groups excluding carboxylic acids is 1. The number of pyridine rings is 1. The molecule has 2 aromatic carbocycles. The summed E-state index contributed by atoms with van der Waals surface area (Å²) in [6.07, 6.45) is 1.42. The van der Waals surface area contributed by atoms with Crippen LogP contribution in [-0.2, 0) is 4.74 Å². The Labute approximate surface area is 196 Å². The molecule has 1 N–H and O–H groups in total. The molecule has 7 nitrogen and oxygen atoms in total. The maximum Gasteiger partial charge on any atom is 0.342 e. The van der Waals surface area contributed by atoms with E-state index in [1.165, 1.54) is 19.4 Å². The zero-order valence-corrected chi connectivity index (χ0v) is 19.3. The fourth-order valence-corrected chi connectivity index (χ4v) is 4.98.